The molecule has 0 aromatic heterocycles. The molecule has 0 aliphatic heterocycles. The van der Waals surface area contributed by atoms with Gasteiger partial charge in [-0.2, -0.15) is 0 Å². The van der Waals surface area contributed by atoms with E-state index in [2.05, 4.69) is 51.6 Å². The number of anilines is 1. The summed E-state index contributed by atoms with van der Waals surface area (Å²) in [4.78, 5) is 0. The predicted molar refractivity (Wildman–Crippen MR) is 83.5 cm³/mol. The number of ether oxygens (including phenoxy) is 1. The molecule has 0 atom stereocenters. The Morgan fingerprint density at radius 1 is 1.05 bits per heavy atom. The van der Waals surface area contributed by atoms with Gasteiger partial charge in [-0.15, -0.1) is 0 Å². The van der Waals surface area contributed by atoms with Gasteiger partial charge >= 0.3 is 0 Å². The fraction of sp³-hybridized carbons (Fsp3) is 0.250. The van der Waals surface area contributed by atoms with E-state index in [1.165, 1.54) is 5.56 Å². The van der Waals surface area contributed by atoms with Gasteiger partial charge in [-0.25, -0.2) is 0 Å². The van der Waals surface area contributed by atoms with Crippen molar-refractivity contribution in [3.8, 4) is 0 Å². The van der Waals surface area contributed by atoms with Gasteiger partial charge in [-0.1, -0.05) is 52.3 Å². The molecule has 0 radical (unpaired) electrons. The van der Waals surface area contributed by atoms with E-state index in [0.717, 1.165) is 28.7 Å². The highest BCUT2D eigenvalue weighted by Gasteiger charge is 2.05. The van der Waals surface area contributed by atoms with Crippen LogP contribution in [0, 0.1) is 0 Å². The zero-order valence-electron chi connectivity index (χ0n) is 11.0. The number of rotatable bonds is 6. The van der Waals surface area contributed by atoms with E-state index in [1.54, 1.807) is 7.11 Å². The second kappa shape index (κ2) is 7.31. The smallest absolute Gasteiger partial charge is 0.0744 e. The van der Waals surface area contributed by atoms with Gasteiger partial charge in [-0.3, -0.25) is 0 Å². The van der Waals surface area contributed by atoms with Crippen molar-refractivity contribution >= 4 is 21.6 Å². The summed E-state index contributed by atoms with van der Waals surface area (Å²) in [6, 6.07) is 16.7. The van der Waals surface area contributed by atoms with Crippen LogP contribution in [0.15, 0.2) is 53.0 Å². The summed E-state index contributed by atoms with van der Waals surface area (Å²) in [5.74, 6) is 0. The molecule has 2 rings (SSSR count). The van der Waals surface area contributed by atoms with Crippen molar-refractivity contribution in [3.05, 3.63) is 64.1 Å². The Balaban J connectivity index is 1.97. The molecule has 0 saturated carbocycles. The number of methoxy groups -OCH3 is 1. The average Bonchev–Trinajstić information content (AvgIpc) is 2.44. The Hall–Kier alpha value is -1.32. The van der Waals surface area contributed by atoms with Gasteiger partial charge < -0.3 is 10.1 Å². The van der Waals surface area contributed by atoms with Crippen LogP contribution in [0.4, 0.5) is 5.69 Å². The molecule has 19 heavy (non-hydrogen) atoms. The Morgan fingerprint density at radius 2 is 1.84 bits per heavy atom. The first-order valence-corrected chi connectivity index (χ1v) is 7.14. The Bertz CT molecular complexity index is 513. The summed E-state index contributed by atoms with van der Waals surface area (Å²) in [5.41, 5.74) is 3.64. The first-order valence-electron chi connectivity index (χ1n) is 6.35. The minimum absolute atomic E-state index is 0.606. The molecule has 2 aromatic carbocycles. The predicted octanol–water partition coefficient (Wildman–Crippen LogP) is 4.25. The largest absolute Gasteiger partial charge is 0.384 e. The van der Waals surface area contributed by atoms with Crippen molar-refractivity contribution in [2.75, 3.05) is 19.0 Å². The van der Waals surface area contributed by atoms with Crippen molar-refractivity contribution in [1.29, 1.82) is 0 Å². The standard InChI is InChI=1S/C16H18BrNO/c1-19-12-14-15(17)8-5-9-16(14)18-11-10-13-6-3-2-4-7-13/h2-9,18H,10-12H2,1H3. The molecule has 0 saturated heterocycles. The molecule has 0 aliphatic rings. The van der Waals surface area contributed by atoms with Gasteiger partial charge in [0.2, 0.25) is 0 Å². The summed E-state index contributed by atoms with van der Waals surface area (Å²) in [6.45, 7) is 1.52. The van der Waals surface area contributed by atoms with Gasteiger partial charge in [0.1, 0.15) is 0 Å². The van der Waals surface area contributed by atoms with E-state index < -0.39 is 0 Å². The fourth-order valence-electron chi connectivity index (χ4n) is 2.00. The highest BCUT2D eigenvalue weighted by Crippen LogP contribution is 2.25. The third-order valence-corrected chi connectivity index (χ3v) is 3.72. The van der Waals surface area contributed by atoms with Crippen LogP contribution in [-0.4, -0.2) is 13.7 Å². The van der Waals surface area contributed by atoms with E-state index >= 15 is 0 Å². The number of hydrogen-bond donors (Lipinski definition) is 1. The van der Waals surface area contributed by atoms with Gasteiger partial charge in [0.25, 0.3) is 0 Å². The highest BCUT2D eigenvalue weighted by molar-refractivity contribution is 9.10. The van der Waals surface area contributed by atoms with Crippen LogP contribution in [0.1, 0.15) is 11.1 Å². The second-order valence-electron chi connectivity index (χ2n) is 4.36. The Labute approximate surface area is 122 Å². The molecule has 0 unspecified atom stereocenters. The van der Waals surface area contributed by atoms with Crippen molar-refractivity contribution in [1.82, 2.24) is 0 Å². The van der Waals surface area contributed by atoms with E-state index in [9.17, 15) is 0 Å². The van der Waals surface area contributed by atoms with Crippen LogP contribution >= 0.6 is 15.9 Å². The van der Waals surface area contributed by atoms with Crippen LogP contribution in [0.5, 0.6) is 0 Å². The summed E-state index contributed by atoms with van der Waals surface area (Å²) < 4.78 is 6.33. The molecular weight excluding hydrogens is 302 g/mol. The molecule has 0 bridgehead atoms. The zero-order chi connectivity index (χ0) is 13.5. The highest BCUT2D eigenvalue weighted by atomic mass is 79.9. The maximum atomic E-state index is 5.24. The first kappa shape index (κ1) is 14.1. The van der Waals surface area contributed by atoms with Crippen LogP contribution in [0.2, 0.25) is 0 Å². The summed E-state index contributed by atoms with van der Waals surface area (Å²) in [6.07, 6.45) is 1.01. The third-order valence-electron chi connectivity index (χ3n) is 2.98. The quantitative estimate of drug-likeness (QED) is 0.859. The van der Waals surface area contributed by atoms with E-state index in [4.69, 9.17) is 4.74 Å². The lowest BCUT2D eigenvalue weighted by atomic mass is 10.1. The van der Waals surface area contributed by atoms with Crippen molar-refractivity contribution in [2.24, 2.45) is 0 Å². The van der Waals surface area contributed by atoms with Gasteiger partial charge in [-0.05, 0) is 24.1 Å². The molecule has 0 aliphatic carbocycles. The fourth-order valence-corrected chi connectivity index (χ4v) is 2.48. The molecule has 3 heteroatoms. The minimum atomic E-state index is 0.606. The number of halogens is 1. The molecule has 2 aromatic rings. The number of hydrogen-bond acceptors (Lipinski definition) is 2. The average molecular weight is 320 g/mol. The Morgan fingerprint density at radius 3 is 2.58 bits per heavy atom. The van der Waals surface area contributed by atoms with Crippen LogP contribution in [0.25, 0.3) is 0 Å². The lowest BCUT2D eigenvalue weighted by Gasteiger charge is -2.13. The summed E-state index contributed by atoms with van der Waals surface area (Å²) in [7, 11) is 1.72. The third kappa shape index (κ3) is 4.08. The first-order chi connectivity index (χ1) is 9.31. The van der Waals surface area contributed by atoms with Crippen LogP contribution < -0.4 is 5.32 Å². The monoisotopic (exact) mass is 319 g/mol. The molecule has 0 amide bonds. The van der Waals surface area contributed by atoms with Crippen LogP contribution in [-0.2, 0) is 17.8 Å². The number of nitrogens with one attached hydrogen (secondary N) is 1. The molecule has 1 N–H and O–H groups in total. The maximum absolute atomic E-state index is 5.24. The molecule has 0 fully saturated rings. The molecule has 100 valence electrons. The van der Waals surface area contributed by atoms with Crippen molar-refractivity contribution in [2.45, 2.75) is 13.0 Å². The molecule has 0 spiro atoms. The summed E-state index contributed by atoms with van der Waals surface area (Å²) >= 11 is 3.56. The second-order valence-corrected chi connectivity index (χ2v) is 5.22. The van der Waals surface area contributed by atoms with Gasteiger partial charge in [0, 0.05) is 29.4 Å². The van der Waals surface area contributed by atoms with E-state index in [1.807, 2.05) is 18.2 Å². The van der Waals surface area contributed by atoms with Gasteiger partial charge in [0.15, 0.2) is 0 Å². The molecule has 2 nitrogen and oxygen atoms in total. The SMILES string of the molecule is COCc1c(Br)cccc1NCCc1ccccc1. The lowest BCUT2D eigenvalue weighted by molar-refractivity contribution is 0.185. The normalized spacial score (nSPS) is 10.4. The van der Waals surface area contributed by atoms with Crippen molar-refractivity contribution in [3.63, 3.8) is 0 Å². The van der Waals surface area contributed by atoms with Gasteiger partial charge in [0.05, 0.1) is 6.61 Å². The van der Waals surface area contributed by atoms with E-state index in [-0.39, 0.29) is 0 Å². The zero-order valence-corrected chi connectivity index (χ0v) is 12.6. The van der Waals surface area contributed by atoms with E-state index in [0.29, 0.717) is 6.61 Å². The maximum Gasteiger partial charge on any atom is 0.0744 e. The lowest BCUT2D eigenvalue weighted by Crippen LogP contribution is -2.07. The van der Waals surface area contributed by atoms with Crippen LogP contribution in [0.3, 0.4) is 0 Å². The molecule has 0 heterocycles. The number of benzene rings is 2. The Kier molecular flexibility index (Phi) is 5.43. The van der Waals surface area contributed by atoms with Crippen molar-refractivity contribution < 1.29 is 4.74 Å². The molecular formula is C16H18BrNO. The topological polar surface area (TPSA) is 21.3 Å². The minimum Gasteiger partial charge on any atom is -0.384 e. The summed E-state index contributed by atoms with van der Waals surface area (Å²) in [5, 5.41) is 3.48.